The van der Waals surface area contributed by atoms with Crippen molar-refractivity contribution < 1.29 is 9.90 Å². The molecule has 0 aromatic heterocycles. The summed E-state index contributed by atoms with van der Waals surface area (Å²) in [7, 11) is 0. The quantitative estimate of drug-likeness (QED) is 0.391. The van der Waals surface area contributed by atoms with Crippen LogP contribution in [0.3, 0.4) is 0 Å². The maximum atomic E-state index is 10.0. The van der Waals surface area contributed by atoms with E-state index in [1.165, 1.54) is 0 Å². The van der Waals surface area contributed by atoms with Crippen molar-refractivity contribution in [3.63, 3.8) is 0 Å². The van der Waals surface area contributed by atoms with Crippen molar-refractivity contribution in [3.8, 4) is 0 Å². The predicted molar refractivity (Wildman–Crippen MR) is 32.2 cm³/mol. The van der Waals surface area contributed by atoms with Crippen LogP contribution in [-0.4, -0.2) is 17.7 Å². The highest BCUT2D eigenvalue weighted by Crippen LogP contribution is 1.59. The molecule has 3 heteroatoms. The lowest BCUT2D eigenvalue weighted by molar-refractivity contribution is -0.117. The third-order valence-electron chi connectivity index (χ3n) is 0.439. The molecule has 48 valence electrons. The Balaban J connectivity index is 0. The van der Waals surface area contributed by atoms with Gasteiger partial charge in [0.05, 0.1) is 0 Å². The lowest BCUT2D eigenvalue weighted by Gasteiger charge is -1.89. The second kappa shape index (κ2) is 6.17. The second-order valence-electron chi connectivity index (χ2n) is 0.903. The molecule has 3 nitrogen and oxygen atoms in total. The average Bonchev–Trinajstić information content (AvgIpc) is 1.68. The molecule has 0 aromatic rings. The third-order valence-corrected chi connectivity index (χ3v) is 0.439. The summed E-state index contributed by atoms with van der Waals surface area (Å²) in [6.45, 7) is 2.83. The molecule has 8 heavy (non-hydrogen) atoms. The fourth-order valence-electron chi connectivity index (χ4n) is 0.150. The van der Waals surface area contributed by atoms with Crippen molar-refractivity contribution in [3.05, 3.63) is 12.7 Å². The van der Waals surface area contributed by atoms with Gasteiger partial charge < -0.3 is 10.4 Å². The van der Waals surface area contributed by atoms with E-state index < -0.39 is 0 Å². The first-order chi connectivity index (χ1) is 3.31. The lowest BCUT2D eigenvalue weighted by atomic mass is 10.6. The number of nitrogens with one attached hydrogen (secondary N) is 1. The van der Waals surface area contributed by atoms with E-state index in [1.54, 1.807) is 0 Å². The second-order valence-corrected chi connectivity index (χ2v) is 0.903. The lowest BCUT2D eigenvalue weighted by Crippen LogP contribution is -2.20. The molecule has 0 aliphatic heterocycles. The van der Waals surface area contributed by atoms with Crippen LogP contribution in [0.2, 0.25) is 0 Å². The van der Waals surface area contributed by atoms with Crippen molar-refractivity contribution >= 4 is 5.91 Å². The van der Waals surface area contributed by atoms with Crippen molar-refractivity contribution in [1.29, 1.82) is 0 Å². The number of amides is 1. The molecular weight excluding hydrogens is 106 g/mol. The van der Waals surface area contributed by atoms with Crippen LogP contribution in [0.15, 0.2) is 12.7 Å². The van der Waals surface area contributed by atoms with Crippen LogP contribution < -0.4 is 5.32 Å². The van der Waals surface area contributed by atoms with Gasteiger partial charge in [0.15, 0.2) is 0 Å². The zero-order valence-electron chi connectivity index (χ0n) is 3.85. The van der Waals surface area contributed by atoms with Gasteiger partial charge in [0, 0.05) is 0 Å². The number of aliphatic hydroxyl groups excluding tert-OH is 1. The fraction of sp³-hybridized carbons (Fsp3) is 0.400. The van der Waals surface area contributed by atoms with Gasteiger partial charge in [-0.2, -0.15) is 0 Å². The Bertz CT molecular complexity index is 80.5. The number of hydrogen-bond donors (Lipinski definition) is 2. The Morgan fingerprint density at radius 1 is 1.88 bits per heavy atom. The molecule has 0 aromatic carbocycles. The molecule has 0 radical (unpaired) electrons. The Kier molecular flexibility index (Phi) is 7.88. The minimum atomic E-state index is -0.359. The van der Waals surface area contributed by atoms with E-state index >= 15 is 0 Å². The van der Waals surface area contributed by atoms with E-state index in [-0.39, 0.29) is 20.1 Å². The van der Waals surface area contributed by atoms with Gasteiger partial charge >= 0.3 is 0 Å². The van der Waals surface area contributed by atoms with Gasteiger partial charge in [0.2, 0.25) is 5.91 Å². The molecule has 0 rings (SSSR count). The SMILES string of the molecule is C.C=CC(=O)NCO. The monoisotopic (exact) mass is 117 g/mol. The topological polar surface area (TPSA) is 49.3 Å². The van der Waals surface area contributed by atoms with Crippen LogP contribution in [0, 0.1) is 0 Å². The molecule has 0 saturated carbocycles. The van der Waals surface area contributed by atoms with Crippen molar-refractivity contribution in [2.24, 2.45) is 0 Å². The van der Waals surface area contributed by atoms with E-state index in [0.29, 0.717) is 0 Å². The molecule has 0 aliphatic carbocycles. The zero-order valence-corrected chi connectivity index (χ0v) is 3.85. The van der Waals surface area contributed by atoms with Crippen LogP contribution in [0.1, 0.15) is 7.43 Å². The van der Waals surface area contributed by atoms with Gasteiger partial charge in [-0.15, -0.1) is 0 Å². The summed E-state index contributed by atoms with van der Waals surface area (Å²) >= 11 is 0. The molecular formula is C5H11NO2. The highest BCUT2D eigenvalue weighted by molar-refractivity contribution is 5.86. The van der Waals surface area contributed by atoms with E-state index in [1.807, 2.05) is 0 Å². The van der Waals surface area contributed by atoms with Crippen molar-refractivity contribution in [2.45, 2.75) is 7.43 Å². The van der Waals surface area contributed by atoms with Gasteiger partial charge in [-0.05, 0) is 6.08 Å². The molecule has 0 atom stereocenters. The van der Waals surface area contributed by atoms with Gasteiger partial charge in [0.1, 0.15) is 6.73 Å². The normalized spacial score (nSPS) is 6.62. The Morgan fingerprint density at radius 2 is 2.38 bits per heavy atom. The van der Waals surface area contributed by atoms with Gasteiger partial charge in [-0.1, -0.05) is 14.0 Å². The predicted octanol–water partition coefficient (Wildman–Crippen LogP) is -0.125. The number of carbonyl (C=O) groups excluding carboxylic acids is 1. The summed E-state index contributed by atoms with van der Waals surface area (Å²) in [4.78, 5) is 10.0. The van der Waals surface area contributed by atoms with E-state index in [2.05, 4.69) is 11.9 Å². The first-order valence-corrected chi connectivity index (χ1v) is 1.82. The molecule has 0 fully saturated rings. The van der Waals surface area contributed by atoms with Gasteiger partial charge in [0.25, 0.3) is 0 Å². The third kappa shape index (κ3) is 5.17. The van der Waals surface area contributed by atoms with Crippen molar-refractivity contribution in [2.75, 3.05) is 6.73 Å². The maximum absolute atomic E-state index is 10.0. The summed E-state index contributed by atoms with van der Waals surface area (Å²) in [5, 5.41) is 10.1. The average molecular weight is 117 g/mol. The highest BCUT2D eigenvalue weighted by atomic mass is 16.3. The van der Waals surface area contributed by atoms with E-state index in [9.17, 15) is 4.79 Å². The smallest absolute Gasteiger partial charge is 0.245 e. The molecule has 0 spiro atoms. The van der Waals surface area contributed by atoms with Gasteiger partial charge in [-0.25, -0.2) is 0 Å². The van der Waals surface area contributed by atoms with E-state index in [0.717, 1.165) is 6.08 Å². The van der Waals surface area contributed by atoms with Crippen LogP contribution in [-0.2, 0) is 4.79 Å². The largest absolute Gasteiger partial charge is 0.376 e. The van der Waals surface area contributed by atoms with Gasteiger partial charge in [-0.3, -0.25) is 4.79 Å². The summed E-state index contributed by atoms with van der Waals surface area (Å²) in [6.07, 6.45) is 1.09. The molecule has 2 N–H and O–H groups in total. The summed E-state index contributed by atoms with van der Waals surface area (Å²) in [5.41, 5.74) is 0. The molecule has 1 amide bonds. The first-order valence-electron chi connectivity index (χ1n) is 1.82. The summed E-state index contributed by atoms with van der Waals surface area (Å²) in [6, 6.07) is 0. The molecule has 0 saturated heterocycles. The molecule has 0 bridgehead atoms. The van der Waals surface area contributed by atoms with Crippen molar-refractivity contribution in [1.82, 2.24) is 5.32 Å². The first kappa shape index (κ1) is 10.2. The van der Waals surface area contributed by atoms with Crippen LogP contribution >= 0.6 is 0 Å². The standard InChI is InChI=1S/C4H7NO2.CH4/c1-2-4(7)5-3-6;/h2,6H,1,3H2,(H,5,7);1H4. The van der Waals surface area contributed by atoms with E-state index in [4.69, 9.17) is 5.11 Å². The number of aliphatic hydroxyl groups is 1. The summed E-state index contributed by atoms with van der Waals surface area (Å²) < 4.78 is 0. The Morgan fingerprint density at radius 3 is 2.50 bits per heavy atom. The fourth-order valence-corrected chi connectivity index (χ4v) is 0.150. The zero-order chi connectivity index (χ0) is 5.70. The molecule has 0 heterocycles. The molecule has 0 aliphatic rings. The van der Waals surface area contributed by atoms with Crippen LogP contribution in [0.4, 0.5) is 0 Å². The summed E-state index contributed by atoms with van der Waals surface area (Å²) in [5.74, 6) is -0.359. The Hall–Kier alpha value is -0.830. The highest BCUT2D eigenvalue weighted by Gasteiger charge is 1.84. The minimum Gasteiger partial charge on any atom is -0.376 e. The number of rotatable bonds is 2. The van der Waals surface area contributed by atoms with Crippen LogP contribution in [0.5, 0.6) is 0 Å². The Labute approximate surface area is 49.0 Å². The number of hydrogen-bond acceptors (Lipinski definition) is 2. The molecule has 0 unspecified atom stereocenters. The maximum Gasteiger partial charge on any atom is 0.245 e. The minimum absolute atomic E-state index is 0. The number of carbonyl (C=O) groups is 1. The van der Waals surface area contributed by atoms with Crippen LogP contribution in [0.25, 0.3) is 0 Å².